The van der Waals surface area contributed by atoms with Crippen molar-refractivity contribution >= 4 is 5.91 Å². The van der Waals surface area contributed by atoms with Gasteiger partial charge in [-0.2, -0.15) is 0 Å². The Morgan fingerprint density at radius 1 is 1.69 bits per heavy atom. The van der Waals surface area contributed by atoms with E-state index in [1.165, 1.54) is 0 Å². The molecular weight excluding hydrogens is 168 g/mol. The molecule has 0 aromatic rings. The van der Waals surface area contributed by atoms with Crippen LogP contribution in [0.4, 0.5) is 0 Å². The summed E-state index contributed by atoms with van der Waals surface area (Å²) in [6.45, 7) is 1.36. The number of nitrogens with two attached hydrogens (primary N) is 1. The highest BCUT2D eigenvalue weighted by Crippen LogP contribution is 2.15. The maximum absolute atomic E-state index is 11.5. The first-order valence-corrected chi connectivity index (χ1v) is 4.78. The molecule has 3 N–H and O–H groups in total. The third-order valence-electron chi connectivity index (χ3n) is 2.50. The lowest BCUT2D eigenvalue weighted by Gasteiger charge is -2.18. The Balaban J connectivity index is 2.48. The van der Waals surface area contributed by atoms with E-state index in [1.807, 2.05) is 0 Å². The molecule has 1 fully saturated rings. The minimum atomic E-state index is -0.0672. The number of hydrogen-bond donors (Lipinski definition) is 2. The van der Waals surface area contributed by atoms with Gasteiger partial charge in [0, 0.05) is 26.3 Å². The number of amides is 1. The summed E-state index contributed by atoms with van der Waals surface area (Å²) < 4.78 is 4.95. The molecule has 1 amide bonds. The van der Waals surface area contributed by atoms with Crippen molar-refractivity contribution in [2.45, 2.75) is 25.3 Å². The normalized spacial score (nSPS) is 29.5. The monoisotopic (exact) mass is 186 g/mol. The first kappa shape index (κ1) is 10.5. The highest BCUT2D eigenvalue weighted by Gasteiger charge is 2.26. The Morgan fingerprint density at radius 2 is 2.46 bits per heavy atom. The van der Waals surface area contributed by atoms with Crippen molar-refractivity contribution in [3.63, 3.8) is 0 Å². The molecule has 1 unspecified atom stereocenters. The largest absolute Gasteiger partial charge is 0.385 e. The van der Waals surface area contributed by atoms with E-state index in [0.717, 1.165) is 25.8 Å². The van der Waals surface area contributed by atoms with Crippen LogP contribution in [0.2, 0.25) is 0 Å². The first-order chi connectivity index (χ1) is 6.25. The number of methoxy groups -OCH3 is 1. The topological polar surface area (TPSA) is 64.3 Å². The van der Waals surface area contributed by atoms with E-state index in [4.69, 9.17) is 10.5 Å². The van der Waals surface area contributed by atoms with Crippen LogP contribution in [0.15, 0.2) is 0 Å². The molecule has 0 spiro atoms. The van der Waals surface area contributed by atoms with Crippen LogP contribution in [-0.4, -0.2) is 32.2 Å². The minimum Gasteiger partial charge on any atom is -0.385 e. The van der Waals surface area contributed by atoms with E-state index < -0.39 is 0 Å². The molecule has 1 heterocycles. The van der Waals surface area contributed by atoms with Gasteiger partial charge in [-0.25, -0.2) is 0 Å². The van der Waals surface area contributed by atoms with Gasteiger partial charge in [0.25, 0.3) is 0 Å². The molecule has 76 valence electrons. The second kappa shape index (κ2) is 5.19. The van der Waals surface area contributed by atoms with Crippen LogP contribution in [0.1, 0.15) is 19.3 Å². The summed E-state index contributed by atoms with van der Waals surface area (Å²) in [7, 11) is 1.64. The molecule has 13 heavy (non-hydrogen) atoms. The maximum Gasteiger partial charge on any atom is 0.224 e. The summed E-state index contributed by atoms with van der Waals surface area (Å²) in [4.78, 5) is 11.5. The Labute approximate surface area is 78.8 Å². The zero-order valence-corrected chi connectivity index (χ0v) is 8.08. The number of ether oxygens (including phenoxy) is 1. The minimum absolute atomic E-state index is 0.00218. The van der Waals surface area contributed by atoms with Gasteiger partial charge in [-0.1, -0.05) is 0 Å². The van der Waals surface area contributed by atoms with E-state index in [-0.39, 0.29) is 17.9 Å². The fraction of sp³-hybridized carbons (Fsp3) is 0.889. The molecule has 1 aliphatic heterocycles. The van der Waals surface area contributed by atoms with Crippen LogP contribution < -0.4 is 11.1 Å². The van der Waals surface area contributed by atoms with Gasteiger partial charge >= 0.3 is 0 Å². The van der Waals surface area contributed by atoms with Crippen molar-refractivity contribution in [1.29, 1.82) is 0 Å². The molecule has 0 aliphatic carbocycles. The zero-order chi connectivity index (χ0) is 9.68. The van der Waals surface area contributed by atoms with Crippen molar-refractivity contribution in [3.05, 3.63) is 0 Å². The second-order valence-corrected chi connectivity index (χ2v) is 3.49. The first-order valence-electron chi connectivity index (χ1n) is 4.78. The van der Waals surface area contributed by atoms with Gasteiger partial charge < -0.3 is 15.8 Å². The molecule has 0 bridgehead atoms. The van der Waals surface area contributed by atoms with Crippen molar-refractivity contribution < 1.29 is 9.53 Å². The quantitative estimate of drug-likeness (QED) is 0.645. The van der Waals surface area contributed by atoms with Crippen molar-refractivity contribution in [2.24, 2.45) is 11.7 Å². The number of carbonyl (C=O) groups excluding carboxylic acids is 1. The summed E-state index contributed by atoms with van der Waals surface area (Å²) in [6, 6.07) is -0.00218. The Hall–Kier alpha value is -0.610. The van der Waals surface area contributed by atoms with Gasteiger partial charge in [-0.05, 0) is 19.3 Å². The van der Waals surface area contributed by atoms with E-state index in [9.17, 15) is 4.79 Å². The molecule has 0 aromatic carbocycles. The molecule has 0 radical (unpaired) electrons. The Bertz CT molecular complexity index is 173. The SMILES string of the molecule is COCCC1C(=O)NCCC[C@@H]1N. The zero-order valence-electron chi connectivity index (χ0n) is 8.08. The number of nitrogens with one attached hydrogen (secondary N) is 1. The summed E-state index contributed by atoms with van der Waals surface area (Å²) in [5.74, 6) is 0.0181. The number of hydrogen-bond acceptors (Lipinski definition) is 3. The summed E-state index contributed by atoms with van der Waals surface area (Å²) >= 11 is 0. The summed E-state index contributed by atoms with van der Waals surface area (Å²) in [5.41, 5.74) is 5.89. The lowest BCUT2D eigenvalue weighted by atomic mass is 9.94. The fourth-order valence-corrected chi connectivity index (χ4v) is 1.67. The average molecular weight is 186 g/mol. The van der Waals surface area contributed by atoms with E-state index in [0.29, 0.717) is 6.61 Å². The van der Waals surface area contributed by atoms with Crippen LogP contribution >= 0.6 is 0 Å². The molecule has 1 aliphatic rings. The number of rotatable bonds is 3. The lowest BCUT2D eigenvalue weighted by molar-refractivity contribution is -0.125. The van der Waals surface area contributed by atoms with Gasteiger partial charge in [0.15, 0.2) is 0 Å². The van der Waals surface area contributed by atoms with Crippen molar-refractivity contribution in [3.8, 4) is 0 Å². The summed E-state index contributed by atoms with van der Waals surface area (Å²) in [5, 5.41) is 2.86. The van der Waals surface area contributed by atoms with Gasteiger partial charge in [0.1, 0.15) is 0 Å². The molecule has 2 atom stereocenters. The fourth-order valence-electron chi connectivity index (χ4n) is 1.67. The predicted molar refractivity (Wildman–Crippen MR) is 50.2 cm³/mol. The van der Waals surface area contributed by atoms with Gasteiger partial charge in [0.05, 0.1) is 5.92 Å². The highest BCUT2D eigenvalue weighted by molar-refractivity contribution is 5.79. The average Bonchev–Trinajstić information content (AvgIpc) is 2.26. The van der Waals surface area contributed by atoms with Gasteiger partial charge in [0.2, 0.25) is 5.91 Å². The van der Waals surface area contributed by atoms with Crippen LogP contribution in [0.5, 0.6) is 0 Å². The molecule has 1 saturated heterocycles. The van der Waals surface area contributed by atoms with E-state index in [2.05, 4.69) is 5.32 Å². The van der Waals surface area contributed by atoms with Crippen LogP contribution in [0, 0.1) is 5.92 Å². The molecule has 0 saturated carbocycles. The standard InChI is InChI=1S/C9H18N2O2/c1-13-6-4-7-8(10)3-2-5-11-9(7)12/h7-8H,2-6,10H2,1H3,(H,11,12)/t7?,8-/m0/s1. The van der Waals surface area contributed by atoms with E-state index in [1.54, 1.807) is 7.11 Å². The molecular formula is C9H18N2O2. The van der Waals surface area contributed by atoms with Crippen LogP contribution in [0.3, 0.4) is 0 Å². The molecule has 4 heteroatoms. The lowest BCUT2D eigenvalue weighted by Crippen LogP contribution is -2.39. The number of carbonyl (C=O) groups is 1. The van der Waals surface area contributed by atoms with Gasteiger partial charge in [-0.15, -0.1) is 0 Å². The van der Waals surface area contributed by atoms with Crippen LogP contribution in [0.25, 0.3) is 0 Å². The Kier molecular flexibility index (Phi) is 4.18. The van der Waals surface area contributed by atoms with Crippen LogP contribution in [-0.2, 0) is 9.53 Å². The van der Waals surface area contributed by atoms with Crippen molar-refractivity contribution in [2.75, 3.05) is 20.3 Å². The molecule has 0 aromatic heterocycles. The highest BCUT2D eigenvalue weighted by atomic mass is 16.5. The smallest absolute Gasteiger partial charge is 0.224 e. The Morgan fingerprint density at radius 3 is 3.15 bits per heavy atom. The molecule has 1 rings (SSSR count). The third-order valence-corrected chi connectivity index (χ3v) is 2.50. The third kappa shape index (κ3) is 2.97. The predicted octanol–water partition coefficient (Wildman–Crippen LogP) is -0.124. The van der Waals surface area contributed by atoms with Gasteiger partial charge in [-0.3, -0.25) is 4.79 Å². The summed E-state index contributed by atoms with van der Waals surface area (Å²) in [6.07, 6.45) is 2.63. The van der Waals surface area contributed by atoms with Crippen molar-refractivity contribution in [1.82, 2.24) is 5.32 Å². The molecule has 4 nitrogen and oxygen atoms in total. The second-order valence-electron chi connectivity index (χ2n) is 3.49. The van der Waals surface area contributed by atoms with E-state index >= 15 is 0 Å². The maximum atomic E-state index is 11.5.